The van der Waals surface area contributed by atoms with Crippen molar-refractivity contribution in [2.45, 2.75) is 78.9 Å². The first-order chi connectivity index (χ1) is 12.4. The number of hydrogen-bond donors (Lipinski definition) is 3. The molecule has 3 N–H and O–H groups in total. The van der Waals surface area contributed by atoms with Crippen LogP contribution in [0.5, 0.6) is 0 Å². The van der Waals surface area contributed by atoms with E-state index >= 15 is 0 Å². The van der Waals surface area contributed by atoms with E-state index in [4.69, 9.17) is 5.11 Å². The lowest BCUT2D eigenvalue weighted by Crippen LogP contribution is -2.59. The SMILES string of the molecule is CCC(CC)(NC(C)C)C(=O)NCC(=O)N(C)C(/C=C(\C)C(=O)O)C(C)C. The minimum Gasteiger partial charge on any atom is -0.478 e. The van der Waals surface area contributed by atoms with Gasteiger partial charge in [0.25, 0.3) is 0 Å². The Hall–Kier alpha value is -1.89. The average Bonchev–Trinajstić information content (AvgIpc) is 2.60. The number of aliphatic carboxylic acids is 1. The van der Waals surface area contributed by atoms with E-state index in [1.54, 1.807) is 13.1 Å². The molecule has 7 nitrogen and oxygen atoms in total. The van der Waals surface area contributed by atoms with E-state index in [0.717, 1.165) is 0 Å². The standard InChI is InChI=1S/C20H37N3O4/c1-9-20(10-2,22-14(5)6)19(27)21-12-17(24)23(8)16(13(3)4)11-15(7)18(25)26/h11,13-14,16,22H,9-10,12H2,1-8H3,(H,21,27)(H,25,26)/b15-11+. The molecule has 0 aromatic rings. The van der Waals surface area contributed by atoms with Crippen molar-refractivity contribution in [3.8, 4) is 0 Å². The highest BCUT2D eigenvalue weighted by Crippen LogP contribution is 2.17. The zero-order valence-electron chi connectivity index (χ0n) is 18.0. The van der Waals surface area contributed by atoms with Gasteiger partial charge in [-0.2, -0.15) is 0 Å². The molecule has 0 saturated heterocycles. The van der Waals surface area contributed by atoms with E-state index in [-0.39, 0.29) is 41.9 Å². The Balaban J connectivity index is 5.17. The Bertz CT molecular complexity index is 551. The molecule has 0 bridgehead atoms. The van der Waals surface area contributed by atoms with Gasteiger partial charge >= 0.3 is 5.97 Å². The van der Waals surface area contributed by atoms with Crippen molar-refractivity contribution in [1.82, 2.24) is 15.5 Å². The molecular formula is C20H37N3O4. The first kappa shape index (κ1) is 25.1. The minimum atomic E-state index is -1.01. The predicted octanol–water partition coefficient (Wildman–Crippen LogP) is 2.17. The summed E-state index contributed by atoms with van der Waals surface area (Å²) in [7, 11) is 1.63. The van der Waals surface area contributed by atoms with Gasteiger partial charge in [-0.15, -0.1) is 0 Å². The smallest absolute Gasteiger partial charge is 0.331 e. The van der Waals surface area contributed by atoms with Crippen LogP contribution in [-0.4, -0.2) is 59.0 Å². The van der Waals surface area contributed by atoms with Gasteiger partial charge < -0.3 is 20.6 Å². The summed E-state index contributed by atoms with van der Waals surface area (Å²) in [5.74, 6) is -1.43. The molecule has 0 rings (SSSR count). The topological polar surface area (TPSA) is 98.7 Å². The lowest BCUT2D eigenvalue weighted by Gasteiger charge is -2.34. The Labute approximate surface area is 163 Å². The molecule has 0 aromatic heterocycles. The highest BCUT2D eigenvalue weighted by atomic mass is 16.4. The third-order valence-corrected chi connectivity index (χ3v) is 4.89. The van der Waals surface area contributed by atoms with Crippen LogP contribution in [0.4, 0.5) is 0 Å². The summed E-state index contributed by atoms with van der Waals surface area (Å²) < 4.78 is 0. The summed E-state index contributed by atoms with van der Waals surface area (Å²) in [6, 6.07) is -0.218. The molecule has 1 atom stereocenters. The van der Waals surface area contributed by atoms with E-state index in [9.17, 15) is 14.4 Å². The molecule has 2 amide bonds. The number of hydrogen-bond acceptors (Lipinski definition) is 4. The van der Waals surface area contributed by atoms with Crippen molar-refractivity contribution in [1.29, 1.82) is 0 Å². The van der Waals surface area contributed by atoms with Gasteiger partial charge in [-0.25, -0.2) is 4.79 Å². The predicted molar refractivity (Wildman–Crippen MR) is 107 cm³/mol. The number of carbonyl (C=O) groups excluding carboxylic acids is 2. The molecule has 0 aliphatic rings. The third-order valence-electron chi connectivity index (χ3n) is 4.89. The maximum Gasteiger partial charge on any atom is 0.331 e. The highest BCUT2D eigenvalue weighted by Gasteiger charge is 2.35. The number of carbonyl (C=O) groups is 3. The maximum absolute atomic E-state index is 12.7. The van der Waals surface area contributed by atoms with E-state index < -0.39 is 11.5 Å². The molecule has 0 aliphatic heterocycles. The lowest BCUT2D eigenvalue weighted by molar-refractivity contribution is -0.135. The van der Waals surface area contributed by atoms with Crippen LogP contribution in [0.2, 0.25) is 0 Å². The Morgan fingerprint density at radius 2 is 1.63 bits per heavy atom. The molecule has 0 aromatic carbocycles. The van der Waals surface area contributed by atoms with Crippen LogP contribution in [-0.2, 0) is 14.4 Å². The molecule has 0 spiro atoms. The van der Waals surface area contributed by atoms with Crippen LogP contribution < -0.4 is 10.6 Å². The summed E-state index contributed by atoms with van der Waals surface area (Å²) in [5, 5.41) is 15.2. The molecular weight excluding hydrogens is 346 g/mol. The lowest BCUT2D eigenvalue weighted by atomic mass is 9.90. The summed E-state index contributed by atoms with van der Waals surface area (Å²) >= 11 is 0. The zero-order valence-corrected chi connectivity index (χ0v) is 18.0. The normalized spacial score (nSPS) is 13.6. The number of carboxylic acids is 1. The minimum absolute atomic E-state index is 0.0388. The molecule has 0 radical (unpaired) electrons. The summed E-state index contributed by atoms with van der Waals surface area (Å²) in [4.78, 5) is 37.9. The number of rotatable bonds is 11. The fourth-order valence-corrected chi connectivity index (χ4v) is 3.09. The molecule has 0 saturated carbocycles. The molecule has 0 aliphatic carbocycles. The molecule has 0 fully saturated rings. The van der Waals surface area contributed by atoms with Crippen LogP contribution in [0.3, 0.4) is 0 Å². The fourth-order valence-electron chi connectivity index (χ4n) is 3.09. The largest absolute Gasteiger partial charge is 0.478 e. The van der Waals surface area contributed by atoms with E-state index in [1.165, 1.54) is 11.8 Å². The van der Waals surface area contributed by atoms with Crippen LogP contribution in [0.15, 0.2) is 11.6 Å². The highest BCUT2D eigenvalue weighted by molar-refractivity contribution is 5.90. The second kappa shape index (κ2) is 11.1. The van der Waals surface area contributed by atoms with Crippen molar-refractivity contribution < 1.29 is 19.5 Å². The van der Waals surface area contributed by atoms with Crippen LogP contribution >= 0.6 is 0 Å². The molecule has 27 heavy (non-hydrogen) atoms. The van der Waals surface area contributed by atoms with Gasteiger partial charge in [-0.1, -0.05) is 33.8 Å². The van der Waals surface area contributed by atoms with Crippen LogP contribution in [0.25, 0.3) is 0 Å². The van der Waals surface area contributed by atoms with Gasteiger partial charge in [0.1, 0.15) is 0 Å². The van der Waals surface area contributed by atoms with Crippen LogP contribution in [0, 0.1) is 5.92 Å². The van der Waals surface area contributed by atoms with Crippen LogP contribution in [0.1, 0.15) is 61.3 Å². The van der Waals surface area contributed by atoms with Crippen molar-refractivity contribution in [3.05, 3.63) is 11.6 Å². The van der Waals surface area contributed by atoms with E-state index in [0.29, 0.717) is 12.8 Å². The third kappa shape index (κ3) is 7.33. The Kier molecular flexibility index (Phi) is 10.3. The van der Waals surface area contributed by atoms with Gasteiger partial charge in [0.2, 0.25) is 11.8 Å². The zero-order chi connectivity index (χ0) is 21.4. The monoisotopic (exact) mass is 383 g/mol. The average molecular weight is 384 g/mol. The van der Waals surface area contributed by atoms with Gasteiger partial charge in [0.15, 0.2) is 0 Å². The maximum atomic E-state index is 12.7. The molecule has 0 heterocycles. The van der Waals surface area contributed by atoms with Gasteiger partial charge in [-0.3, -0.25) is 9.59 Å². The van der Waals surface area contributed by atoms with E-state index in [2.05, 4.69) is 10.6 Å². The van der Waals surface area contributed by atoms with Crippen molar-refractivity contribution in [2.24, 2.45) is 5.92 Å². The first-order valence-corrected chi connectivity index (χ1v) is 9.65. The second-order valence-corrected chi connectivity index (χ2v) is 7.67. The van der Waals surface area contributed by atoms with Gasteiger partial charge in [0.05, 0.1) is 18.1 Å². The van der Waals surface area contributed by atoms with Crippen molar-refractivity contribution in [3.63, 3.8) is 0 Å². The number of likely N-dealkylation sites (N-methyl/N-ethyl adjacent to an activating group) is 1. The van der Waals surface area contributed by atoms with Crippen molar-refractivity contribution >= 4 is 17.8 Å². The fraction of sp³-hybridized carbons (Fsp3) is 0.750. The van der Waals surface area contributed by atoms with Crippen molar-refractivity contribution in [2.75, 3.05) is 13.6 Å². The number of nitrogens with one attached hydrogen (secondary N) is 2. The summed E-state index contributed by atoms with van der Waals surface area (Å²) in [6.45, 7) is 13.1. The quantitative estimate of drug-likeness (QED) is 0.475. The van der Waals surface area contributed by atoms with Gasteiger partial charge in [-0.05, 0) is 39.5 Å². The Morgan fingerprint density at radius 1 is 1.11 bits per heavy atom. The second-order valence-electron chi connectivity index (χ2n) is 7.67. The molecule has 7 heteroatoms. The molecule has 156 valence electrons. The van der Waals surface area contributed by atoms with Gasteiger partial charge in [0, 0.05) is 18.7 Å². The first-order valence-electron chi connectivity index (χ1n) is 9.65. The molecule has 1 unspecified atom stereocenters. The van der Waals surface area contributed by atoms with E-state index in [1.807, 2.05) is 41.5 Å². The summed E-state index contributed by atoms with van der Waals surface area (Å²) in [6.07, 6.45) is 2.81. The number of amides is 2. The number of carboxylic acid groups (broad SMARTS) is 1. The summed E-state index contributed by atoms with van der Waals surface area (Å²) in [5.41, 5.74) is -0.515. The Morgan fingerprint density at radius 3 is 2.00 bits per heavy atom. The number of nitrogens with zero attached hydrogens (tertiary/aromatic N) is 1.